The number of aromatic nitrogens is 2. The fourth-order valence-corrected chi connectivity index (χ4v) is 1.87. The molecule has 1 fully saturated rings. The normalized spacial score (nSPS) is 27.5. The Morgan fingerprint density at radius 1 is 1.83 bits per heavy atom. The molecule has 2 rings (SSSR count). The van der Waals surface area contributed by atoms with Gasteiger partial charge in [-0.2, -0.15) is 0 Å². The third-order valence-corrected chi connectivity index (χ3v) is 2.77. The molecule has 0 amide bonds. The van der Waals surface area contributed by atoms with Crippen LogP contribution in [0.5, 0.6) is 0 Å². The van der Waals surface area contributed by atoms with Gasteiger partial charge in [-0.1, -0.05) is 6.92 Å². The SMILES string of the molecule is CC1CC1n1c(CO)c[nH]c1=S. The maximum absolute atomic E-state index is 9.01. The van der Waals surface area contributed by atoms with Crippen LogP contribution in [0.15, 0.2) is 6.20 Å². The monoisotopic (exact) mass is 184 g/mol. The molecule has 0 saturated heterocycles. The Balaban J connectivity index is 2.40. The molecule has 1 aliphatic carbocycles. The topological polar surface area (TPSA) is 41.0 Å². The molecule has 0 radical (unpaired) electrons. The van der Waals surface area contributed by atoms with E-state index >= 15 is 0 Å². The Bertz CT molecular complexity index is 341. The summed E-state index contributed by atoms with van der Waals surface area (Å²) in [6, 6.07) is 0.519. The van der Waals surface area contributed by atoms with Crippen molar-refractivity contribution >= 4 is 12.2 Å². The van der Waals surface area contributed by atoms with Crippen LogP contribution in [-0.4, -0.2) is 14.7 Å². The number of nitrogens with zero attached hydrogens (tertiary/aromatic N) is 1. The minimum Gasteiger partial charge on any atom is -0.390 e. The van der Waals surface area contributed by atoms with E-state index in [1.807, 2.05) is 4.57 Å². The van der Waals surface area contributed by atoms with Crippen molar-refractivity contribution in [3.05, 3.63) is 16.7 Å². The van der Waals surface area contributed by atoms with E-state index in [0.717, 1.165) is 10.5 Å². The second-order valence-electron chi connectivity index (χ2n) is 3.39. The molecule has 0 aromatic carbocycles. The van der Waals surface area contributed by atoms with Crippen LogP contribution < -0.4 is 0 Å². The molecule has 0 aliphatic heterocycles. The quantitative estimate of drug-likeness (QED) is 0.686. The lowest BCUT2D eigenvalue weighted by Gasteiger charge is -2.03. The Morgan fingerprint density at radius 2 is 2.50 bits per heavy atom. The first-order chi connectivity index (χ1) is 5.74. The average Bonchev–Trinajstić information content (AvgIpc) is 2.62. The molecule has 2 N–H and O–H groups in total. The number of hydrogen-bond acceptors (Lipinski definition) is 2. The Hall–Kier alpha value is -0.610. The number of nitrogens with one attached hydrogen (secondary N) is 1. The Kier molecular flexibility index (Phi) is 1.81. The predicted molar refractivity (Wildman–Crippen MR) is 48.4 cm³/mol. The van der Waals surface area contributed by atoms with Gasteiger partial charge >= 0.3 is 0 Å². The molecule has 1 aliphatic rings. The molecule has 1 heterocycles. The standard InChI is InChI=1S/C8H12N2OS/c1-5-2-7(5)10-6(4-11)3-9-8(10)12/h3,5,7,11H,2,4H2,1H3,(H,9,12). The zero-order valence-corrected chi connectivity index (χ0v) is 7.77. The van der Waals surface area contributed by atoms with Crippen molar-refractivity contribution in [1.82, 2.24) is 9.55 Å². The fourth-order valence-electron chi connectivity index (χ4n) is 1.56. The van der Waals surface area contributed by atoms with Crippen molar-refractivity contribution in [1.29, 1.82) is 0 Å². The summed E-state index contributed by atoms with van der Waals surface area (Å²) in [6.07, 6.45) is 2.96. The number of aliphatic hydroxyl groups excluding tert-OH is 1. The Morgan fingerprint density at radius 3 is 3.00 bits per heavy atom. The molecule has 3 nitrogen and oxygen atoms in total. The molecular formula is C8H12N2OS. The summed E-state index contributed by atoms with van der Waals surface area (Å²) < 4.78 is 2.76. The van der Waals surface area contributed by atoms with Crippen LogP contribution in [0.1, 0.15) is 25.1 Å². The third kappa shape index (κ3) is 1.11. The number of aromatic amines is 1. The van der Waals surface area contributed by atoms with Crippen LogP contribution >= 0.6 is 12.2 Å². The van der Waals surface area contributed by atoms with E-state index in [-0.39, 0.29) is 6.61 Å². The second-order valence-corrected chi connectivity index (χ2v) is 3.78. The highest BCUT2D eigenvalue weighted by molar-refractivity contribution is 7.71. The molecule has 12 heavy (non-hydrogen) atoms. The van der Waals surface area contributed by atoms with Crippen molar-refractivity contribution in [3.8, 4) is 0 Å². The van der Waals surface area contributed by atoms with E-state index in [1.54, 1.807) is 6.20 Å². The molecule has 2 unspecified atom stereocenters. The van der Waals surface area contributed by atoms with Gasteiger partial charge in [0.15, 0.2) is 4.77 Å². The zero-order valence-electron chi connectivity index (χ0n) is 6.95. The van der Waals surface area contributed by atoms with Crippen LogP contribution in [-0.2, 0) is 6.61 Å². The molecule has 66 valence electrons. The average molecular weight is 184 g/mol. The summed E-state index contributed by atoms with van der Waals surface area (Å²) in [5.41, 5.74) is 0.898. The first kappa shape index (κ1) is 8.01. The van der Waals surface area contributed by atoms with Gasteiger partial charge in [0.25, 0.3) is 0 Å². The van der Waals surface area contributed by atoms with Gasteiger partial charge in [-0.3, -0.25) is 0 Å². The van der Waals surface area contributed by atoms with Crippen molar-refractivity contribution in [2.24, 2.45) is 5.92 Å². The van der Waals surface area contributed by atoms with E-state index < -0.39 is 0 Å². The fraction of sp³-hybridized carbons (Fsp3) is 0.625. The molecule has 1 aromatic rings. The van der Waals surface area contributed by atoms with Gasteiger partial charge in [-0.15, -0.1) is 0 Å². The number of aliphatic hydroxyl groups is 1. The highest BCUT2D eigenvalue weighted by atomic mass is 32.1. The highest BCUT2D eigenvalue weighted by Gasteiger charge is 2.35. The molecular weight excluding hydrogens is 172 g/mol. The lowest BCUT2D eigenvalue weighted by molar-refractivity contribution is 0.270. The van der Waals surface area contributed by atoms with E-state index in [0.29, 0.717) is 12.0 Å². The van der Waals surface area contributed by atoms with Crippen molar-refractivity contribution in [3.63, 3.8) is 0 Å². The molecule has 0 spiro atoms. The van der Waals surface area contributed by atoms with Gasteiger partial charge in [0.05, 0.1) is 12.3 Å². The first-order valence-corrected chi connectivity index (χ1v) is 4.54. The largest absolute Gasteiger partial charge is 0.390 e. The molecule has 1 aromatic heterocycles. The van der Waals surface area contributed by atoms with Gasteiger partial charge < -0.3 is 14.7 Å². The lowest BCUT2D eigenvalue weighted by Crippen LogP contribution is -2.01. The minimum absolute atomic E-state index is 0.0658. The van der Waals surface area contributed by atoms with Crippen molar-refractivity contribution in [2.45, 2.75) is 26.0 Å². The minimum atomic E-state index is 0.0658. The van der Waals surface area contributed by atoms with Crippen LogP contribution in [0, 0.1) is 10.7 Å². The van der Waals surface area contributed by atoms with Crippen molar-refractivity contribution in [2.75, 3.05) is 0 Å². The van der Waals surface area contributed by atoms with Gasteiger partial charge in [0.2, 0.25) is 0 Å². The summed E-state index contributed by atoms with van der Waals surface area (Å²) in [5, 5.41) is 9.01. The van der Waals surface area contributed by atoms with Crippen LogP contribution in [0.25, 0.3) is 0 Å². The number of rotatable bonds is 2. The molecule has 0 bridgehead atoms. The van der Waals surface area contributed by atoms with Gasteiger partial charge in [0.1, 0.15) is 0 Å². The summed E-state index contributed by atoms with van der Waals surface area (Å²) in [4.78, 5) is 2.95. The Labute approximate surface area is 76.0 Å². The molecule has 1 saturated carbocycles. The summed E-state index contributed by atoms with van der Waals surface area (Å²) in [7, 11) is 0. The lowest BCUT2D eigenvalue weighted by atomic mass is 10.4. The number of imidazole rings is 1. The first-order valence-electron chi connectivity index (χ1n) is 4.13. The summed E-state index contributed by atoms with van der Waals surface area (Å²) >= 11 is 5.10. The second kappa shape index (κ2) is 2.71. The summed E-state index contributed by atoms with van der Waals surface area (Å²) in [6.45, 7) is 2.26. The summed E-state index contributed by atoms with van der Waals surface area (Å²) in [5.74, 6) is 0.706. The highest BCUT2D eigenvalue weighted by Crippen LogP contribution is 2.43. The van der Waals surface area contributed by atoms with E-state index in [1.165, 1.54) is 6.42 Å². The third-order valence-electron chi connectivity index (χ3n) is 2.45. The van der Waals surface area contributed by atoms with Gasteiger partial charge in [-0.25, -0.2) is 0 Å². The number of hydrogen-bond donors (Lipinski definition) is 2. The zero-order chi connectivity index (χ0) is 8.72. The maximum atomic E-state index is 9.01. The van der Waals surface area contributed by atoms with Gasteiger partial charge in [-0.05, 0) is 24.6 Å². The van der Waals surface area contributed by atoms with Crippen LogP contribution in [0.2, 0.25) is 0 Å². The van der Waals surface area contributed by atoms with Crippen LogP contribution in [0.3, 0.4) is 0 Å². The predicted octanol–water partition coefficient (Wildman–Crippen LogP) is 1.62. The molecule has 4 heteroatoms. The number of H-pyrrole nitrogens is 1. The smallest absolute Gasteiger partial charge is 0.177 e. The van der Waals surface area contributed by atoms with Crippen molar-refractivity contribution < 1.29 is 5.11 Å². The van der Waals surface area contributed by atoms with E-state index in [2.05, 4.69) is 11.9 Å². The van der Waals surface area contributed by atoms with Crippen LogP contribution in [0.4, 0.5) is 0 Å². The van der Waals surface area contributed by atoms with E-state index in [9.17, 15) is 0 Å². The maximum Gasteiger partial charge on any atom is 0.177 e. The molecule has 2 atom stereocenters. The van der Waals surface area contributed by atoms with Gasteiger partial charge in [0, 0.05) is 12.2 Å². The van der Waals surface area contributed by atoms with E-state index in [4.69, 9.17) is 17.3 Å².